The average molecular weight is 288 g/mol. The zero-order chi connectivity index (χ0) is 13.9. The van der Waals surface area contributed by atoms with Crippen LogP contribution in [0.4, 0.5) is 0 Å². The van der Waals surface area contributed by atoms with Crippen LogP contribution in [0.15, 0.2) is 47.4 Å². The van der Waals surface area contributed by atoms with E-state index in [4.69, 9.17) is 16.3 Å². The molecule has 1 aromatic carbocycles. The lowest BCUT2D eigenvalue weighted by atomic mass is 10.3. The van der Waals surface area contributed by atoms with E-state index >= 15 is 0 Å². The fourth-order valence-electron chi connectivity index (χ4n) is 1.77. The Balaban J connectivity index is 1.84. The Bertz CT molecular complexity index is 799. The molecule has 6 heteroatoms. The number of fused-ring (bicyclic) bond motifs is 1. The largest absolute Gasteiger partial charge is 0.486 e. The van der Waals surface area contributed by atoms with Gasteiger partial charge in [-0.05, 0) is 36.4 Å². The normalized spacial score (nSPS) is 10.7. The minimum absolute atomic E-state index is 0.156. The molecule has 3 aromatic rings. The Morgan fingerprint density at radius 3 is 2.80 bits per heavy atom. The lowest BCUT2D eigenvalue weighted by Crippen LogP contribution is -2.14. The molecule has 2 heterocycles. The van der Waals surface area contributed by atoms with Gasteiger partial charge in [-0.15, -0.1) is 0 Å². The molecule has 0 atom stereocenters. The number of aromatic amines is 1. The van der Waals surface area contributed by atoms with E-state index in [1.807, 2.05) is 0 Å². The molecular weight excluding hydrogens is 278 g/mol. The van der Waals surface area contributed by atoms with Crippen LogP contribution < -0.4 is 10.3 Å². The van der Waals surface area contributed by atoms with Gasteiger partial charge in [0.2, 0.25) is 0 Å². The first-order chi connectivity index (χ1) is 9.72. The Morgan fingerprint density at radius 1 is 1.20 bits per heavy atom. The highest BCUT2D eigenvalue weighted by atomic mass is 35.5. The second kappa shape index (κ2) is 5.30. The van der Waals surface area contributed by atoms with Crippen LogP contribution in [-0.2, 0) is 6.61 Å². The summed E-state index contributed by atoms with van der Waals surface area (Å²) in [5, 5.41) is 1.10. The Morgan fingerprint density at radius 2 is 2.00 bits per heavy atom. The van der Waals surface area contributed by atoms with Crippen LogP contribution in [0.1, 0.15) is 5.82 Å². The van der Waals surface area contributed by atoms with Gasteiger partial charge in [0.1, 0.15) is 18.2 Å². The molecule has 0 spiro atoms. The van der Waals surface area contributed by atoms with Crippen LogP contribution in [0.25, 0.3) is 11.0 Å². The molecule has 0 bridgehead atoms. The highest BCUT2D eigenvalue weighted by Crippen LogP contribution is 2.16. The minimum Gasteiger partial charge on any atom is -0.486 e. The van der Waals surface area contributed by atoms with E-state index in [1.165, 1.54) is 0 Å². The van der Waals surface area contributed by atoms with Gasteiger partial charge >= 0.3 is 0 Å². The monoisotopic (exact) mass is 287 g/mol. The number of halogens is 1. The maximum absolute atomic E-state index is 11.8. The molecule has 0 aliphatic rings. The SMILES string of the molecule is O=c1[nH]c(COc2ccc(Cl)cc2)nc2ncccc12. The van der Waals surface area contributed by atoms with Crippen molar-refractivity contribution in [3.8, 4) is 5.75 Å². The lowest BCUT2D eigenvalue weighted by Gasteiger charge is -2.06. The number of aromatic nitrogens is 3. The molecular formula is C14H10ClN3O2. The second-order valence-corrected chi connectivity index (χ2v) is 4.57. The summed E-state index contributed by atoms with van der Waals surface area (Å²) in [6.45, 7) is 0.156. The van der Waals surface area contributed by atoms with E-state index in [2.05, 4.69) is 15.0 Å². The van der Waals surface area contributed by atoms with Crippen molar-refractivity contribution in [3.05, 3.63) is 63.8 Å². The van der Waals surface area contributed by atoms with E-state index in [1.54, 1.807) is 42.6 Å². The number of benzene rings is 1. The van der Waals surface area contributed by atoms with E-state index in [0.29, 0.717) is 27.6 Å². The molecule has 20 heavy (non-hydrogen) atoms. The summed E-state index contributed by atoms with van der Waals surface area (Å²) in [5.41, 5.74) is 0.184. The molecule has 0 unspecified atom stereocenters. The van der Waals surface area contributed by atoms with Gasteiger partial charge in [-0.3, -0.25) is 4.79 Å². The number of hydrogen-bond acceptors (Lipinski definition) is 4. The van der Waals surface area contributed by atoms with Crippen LogP contribution in [0.5, 0.6) is 5.75 Å². The van der Waals surface area contributed by atoms with Gasteiger partial charge in [0.05, 0.1) is 5.39 Å². The molecule has 100 valence electrons. The van der Waals surface area contributed by atoms with Gasteiger partial charge in [0.15, 0.2) is 5.65 Å². The Hall–Kier alpha value is -2.40. The number of pyridine rings is 1. The van der Waals surface area contributed by atoms with Crippen LogP contribution >= 0.6 is 11.6 Å². The first-order valence-electron chi connectivity index (χ1n) is 5.95. The summed E-state index contributed by atoms with van der Waals surface area (Å²) in [7, 11) is 0. The molecule has 0 radical (unpaired) electrons. The molecule has 5 nitrogen and oxygen atoms in total. The number of H-pyrrole nitrogens is 1. The van der Waals surface area contributed by atoms with Crippen molar-refractivity contribution in [1.29, 1.82) is 0 Å². The molecule has 3 rings (SSSR count). The molecule has 0 saturated carbocycles. The summed E-state index contributed by atoms with van der Waals surface area (Å²) < 4.78 is 5.53. The Labute approximate surface area is 119 Å². The van der Waals surface area contributed by atoms with Crippen LogP contribution in [0.2, 0.25) is 5.02 Å². The number of nitrogens with zero attached hydrogens (tertiary/aromatic N) is 2. The first-order valence-corrected chi connectivity index (χ1v) is 6.32. The molecule has 0 amide bonds. The third kappa shape index (κ3) is 2.62. The van der Waals surface area contributed by atoms with Crippen LogP contribution in [0.3, 0.4) is 0 Å². The summed E-state index contributed by atoms with van der Waals surface area (Å²) in [4.78, 5) is 22.8. The van der Waals surface area contributed by atoms with Gasteiger partial charge in [-0.25, -0.2) is 9.97 Å². The Kier molecular flexibility index (Phi) is 3.35. The first kappa shape index (κ1) is 12.6. The van der Waals surface area contributed by atoms with E-state index in [0.717, 1.165) is 0 Å². The topological polar surface area (TPSA) is 67.9 Å². The highest BCUT2D eigenvalue weighted by molar-refractivity contribution is 6.30. The summed E-state index contributed by atoms with van der Waals surface area (Å²) in [6.07, 6.45) is 1.60. The molecule has 0 aliphatic carbocycles. The number of nitrogens with one attached hydrogen (secondary N) is 1. The smallest absolute Gasteiger partial charge is 0.260 e. The van der Waals surface area contributed by atoms with E-state index in [9.17, 15) is 4.79 Å². The van der Waals surface area contributed by atoms with Gasteiger partial charge in [0.25, 0.3) is 5.56 Å². The van der Waals surface area contributed by atoms with Crippen molar-refractivity contribution in [2.75, 3.05) is 0 Å². The fraction of sp³-hybridized carbons (Fsp3) is 0.0714. The quantitative estimate of drug-likeness (QED) is 0.804. The van der Waals surface area contributed by atoms with E-state index in [-0.39, 0.29) is 12.2 Å². The average Bonchev–Trinajstić information content (AvgIpc) is 2.47. The maximum atomic E-state index is 11.8. The third-order valence-electron chi connectivity index (χ3n) is 2.72. The lowest BCUT2D eigenvalue weighted by molar-refractivity contribution is 0.296. The van der Waals surface area contributed by atoms with Crippen molar-refractivity contribution in [2.45, 2.75) is 6.61 Å². The van der Waals surface area contributed by atoms with Crippen molar-refractivity contribution < 1.29 is 4.74 Å². The van der Waals surface area contributed by atoms with Crippen molar-refractivity contribution in [3.63, 3.8) is 0 Å². The fourth-order valence-corrected chi connectivity index (χ4v) is 1.89. The molecule has 0 aliphatic heterocycles. The van der Waals surface area contributed by atoms with Gasteiger partial charge in [-0.2, -0.15) is 0 Å². The van der Waals surface area contributed by atoms with Gasteiger partial charge in [-0.1, -0.05) is 11.6 Å². The number of ether oxygens (including phenoxy) is 1. The zero-order valence-corrected chi connectivity index (χ0v) is 11.1. The highest BCUT2D eigenvalue weighted by Gasteiger charge is 2.04. The zero-order valence-electron chi connectivity index (χ0n) is 10.3. The van der Waals surface area contributed by atoms with Crippen molar-refractivity contribution in [2.24, 2.45) is 0 Å². The third-order valence-corrected chi connectivity index (χ3v) is 2.97. The molecule has 1 N–H and O–H groups in total. The summed E-state index contributed by atoms with van der Waals surface area (Å²) in [5.74, 6) is 1.08. The van der Waals surface area contributed by atoms with Crippen molar-refractivity contribution >= 4 is 22.6 Å². The number of hydrogen-bond donors (Lipinski definition) is 1. The van der Waals surface area contributed by atoms with Crippen LogP contribution in [0, 0.1) is 0 Å². The second-order valence-electron chi connectivity index (χ2n) is 4.13. The molecule has 0 saturated heterocycles. The standard InChI is InChI=1S/C14H10ClN3O2/c15-9-3-5-10(6-4-9)20-8-12-17-13-11(14(19)18-12)2-1-7-16-13/h1-7H,8H2,(H,16,17,18,19). The van der Waals surface area contributed by atoms with Crippen molar-refractivity contribution in [1.82, 2.24) is 15.0 Å². The van der Waals surface area contributed by atoms with Gasteiger partial charge in [0, 0.05) is 11.2 Å². The molecule has 0 fully saturated rings. The van der Waals surface area contributed by atoms with Crippen LogP contribution in [-0.4, -0.2) is 15.0 Å². The number of rotatable bonds is 3. The maximum Gasteiger partial charge on any atom is 0.260 e. The molecule has 2 aromatic heterocycles. The predicted octanol–water partition coefficient (Wildman–Crippen LogP) is 2.55. The minimum atomic E-state index is -0.224. The summed E-state index contributed by atoms with van der Waals surface area (Å²) >= 11 is 5.79. The van der Waals surface area contributed by atoms with E-state index < -0.39 is 0 Å². The van der Waals surface area contributed by atoms with Gasteiger partial charge < -0.3 is 9.72 Å². The predicted molar refractivity (Wildman–Crippen MR) is 75.9 cm³/mol. The summed E-state index contributed by atoms with van der Waals surface area (Å²) in [6, 6.07) is 10.3.